The van der Waals surface area contributed by atoms with Crippen molar-refractivity contribution in [2.24, 2.45) is 0 Å². The van der Waals surface area contributed by atoms with Gasteiger partial charge in [0, 0.05) is 17.9 Å². The fraction of sp³-hybridized carbons (Fsp3) is 0.353. The van der Waals surface area contributed by atoms with E-state index < -0.39 is 5.97 Å². The van der Waals surface area contributed by atoms with Gasteiger partial charge in [-0.2, -0.15) is 0 Å². The summed E-state index contributed by atoms with van der Waals surface area (Å²) < 4.78 is 2.24. The van der Waals surface area contributed by atoms with E-state index >= 15 is 0 Å². The van der Waals surface area contributed by atoms with Crippen molar-refractivity contribution in [1.82, 2.24) is 4.57 Å². The molecule has 0 unspecified atom stereocenters. The Morgan fingerprint density at radius 3 is 2.45 bits per heavy atom. The molecule has 0 bridgehead atoms. The maximum absolute atomic E-state index is 10.7. The molecular weight excluding hydrogens is 250 g/mol. The van der Waals surface area contributed by atoms with Crippen LogP contribution in [0.5, 0.6) is 0 Å². The number of hydrogen-bond donors (Lipinski definition) is 1. The monoisotopic (exact) mass is 271 g/mol. The largest absolute Gasteiger partial charge is 0.481 e. The molecule has 0 fully saturated rings. The second kappa shape index (κ2) is 6.42. The van der Waals surface area contributed by atoms with Gasteiger partial charge in [0.25, 0.3) is 0 Å². The SMILES string of the molecule is CCCn1c(CCC(=O)O)ccc1-c1ccc(C)cc1. The molecule has 3 nitrogen and oxygen atoms in total. The lowest BCUT2D eigenvalue weighted by Gasteiger charge is -2.12. The minimum Gasteiger partial charge on any atom is -0.481 e. The molecule has 0 atom stereocenters. The van der Waals surface area contributed by atoms with Gasteiger partial charge in [0.1, 0.15) is 0 Å². The quantitative estimate of drug-likeness (QED) is 0.866. The Hall–Kier alpha value is -2.03. The molecular formula is C17H21NO2. The van der Waals surface area contributed by atoms with Gasteiger partial charge in [-0.3, -0.25) is 4.79 Å². The molecule has 2 rings (SSSR count). The summed E-state index contributed by atoms with van der Waals surface area (Å²) in [6.07, 6.45) is 1.80. The van der Waals surface area contributed by atoms with Crippen LogP contribution in [0.1, 0.15) is 31.0 Å². The van der Waals surface area contributed by atoms with Crippen molar-refractivity contribution in [1.29, 1.82) is 0 Å². The van der Waals surface area contributed by atoms with Crippen LogP contribution >= 0.6 is 0 Å². The summed E-state index contributed by atoms with van der Waals surface area (Å²) in [4.78, 5) is 10.7. The summed E-state index contributed by atoms with van der Waals surface area (Å²) in [6, 6.07) is 12.6. The van der Waals surface area contributed by atoms with Crippen molar-refractivity contribution in [3.8, 4) is 11.3 Å². The van der Waals surface area contributed by atoms with Gasteiger partial charge in [-0.1, -0.05) is 36.8 Å². The third-order valence-corrected chi connectivity index (χ3v) is 3.46. The van der Waals surface area contributed by atoms with Crippen molar-refractivity contribution in [3.63, 3.8) is 0 Å². The number of rotatable bonds is 6. The van der Waals surface area contributed by atoms with Crippen molar-refractivity contribution in [2.45, 2.75) is 39.7 Å². The van der Waals surface area contributed by atoms with Crippen molar-refractivity contribution >= 4 is 5.97 Å². The Morgan fingerprint density at radius 2 is 1.85 bits per heavy atom. The third-order valence-electron chi connectivity index (χ3n) is 3.46. The first-order chi connectivity index (χ1) is 9.61. The first-order valence-electron chi connectivity index (χ1n) is 7.09. The number of aromatic nitrogens is 1. The van der Waals surface area contributed by atoms with Crippen LogP contribution in [0.25, 0.3) is 11.3 Å². The van der Waals surface area contributed by atoms with E-state index in [1.807, 2.05) is 6.07 Å². The average molecular weight is 271 g/mol. The van der Waals surface area contributed by atoms with E-state index in [-0.39, 0.29) is 6.42 Å². The summed E-state index contributed by atoms with van der Waals surface area (Å²) in [5.74, 6) is -0.744. The molecule has 1 aromatic carbocycles. The second-order valence-corrected chi connectivity index (χ2v) is 5.12. The maximum Gasteiger partial charge on any atom is 0.303 e. The zero-order chi connectivity index (χ0) is 14.5. The van der Waals surface area contributed by atoms with Gasteiger partial charge in [-0.25, -0.2) is 0 Å². The predicted octanol–water partition coefficient (Wildman–Crippen LogP) is 3.89. The van der Waals surface area contributed by atoms with Crippen LogP contribution in [0, 0.1) is 6.92 Å². The minimum atomic E-state index is -0.744. The average Bonchev–Trinajstić information content (AvgIpc) is 2.81. The first kappa shape index (κ1) is 14.4. The molecule has 1 aromatic heterocycles. The lowest BCUT2D eigenvalue weighted by Crippen LogP contribution is -2.06. The number of hydrogen-bond acceptors (Lipinski definition) is 1. The third kappa shape index (κ3) is 3.29. The molecule has 20 heavy (non-hydrogen) atoms. The molecule has 2 aromatic rings. The van der Waals surface area contributed by atoms with Gasteiger partial charge in [0.2, 0.25) is 0 Å². The summed E-state index contributed by atoms with van der Waals surface area (Å²) in [7, 11) is 0. The van der Waals surface area contributed by atoms with E-state index in [1.165, 1.54) is 16.8 Å². The lowest BCUT2D eigenvalue weighted by molar-refractivity contribution is -0.136. The van der Waals surface area contributed by atoms with Crippen LogP contribution in [-0.2, 0) is 17.8 Å². The number of benzene rings is 1. The first-order valence-corrected chi connectivity index (χ1v) is 7.09. The summed E-state index contributed by atoms with van der Waals surface area (Å²) in [5.41, 5.74) is 4.70. The zero-order valence-electron chi connectivity index (χ0n) is 12.1. The molecule has 0 aliphatic rings. The molecule has 0 saturated carbocycles. The number of carboxylic acids is 1. The maximum atomic E-state index is 10.7. The van der Waals surface area contributed by atoms with Gasteiger partial charge in [0.05, 0.1) is 6.42 Å². The van der Waals surface area contributed by atoms with E-state index in [9.17, 15) is 4.79 Å². The highest BCUT2D eigenvalue weighted by Crippen LogP contribution is 2.24. The van der Waals surface area contributed by atoms with E-state index in [1.54, 1.807) is 0 Å². The highest BCUT2D eigenvalue weighted by atomic mass is 16.4. The Labute approximate surface area is 119 Å². The van der Waals surface area contributed by atoms with Crippen LogP contribution in [0.2, 0.25) is 0 Å². The number of aryl methyl sites for hydroxylation is 2. The van der Waals surface area contributed by atoms with Gasteiger partial charge in [-0.15, -0.1) is 0 Å². The fourth-order valence-corrected chi connectivity index (χ4v) is 2.43. The lowest BCUT2D eigenvalue weighted by atomic mass is 10.1. The number of carbonyl (C=O) groups is 1. The number of nitrogens with zero attached hydrogens (tertiary/aromatic N) is 1. The van der Waals surface area contributed by atoms with Crippen molar-refractivity contribution < 1.29 is 9.90 Å². The van der Waals surface area contributed by atoms with E-state index in [2.05, 4.69) is 48.7 Å². The summed E-state index contributed by atoms with van der Waals surface area (Å²) in [6.45, 7) is 5.14. The Morgan fingerprint density at radius 1 is 1.15 bits per heavy atom. The van der Waals surface area contributed by atoms with Gasteiger partial charge in [-0.05, 0) is 37.5 Å². The van der Waals surface area contributed by atoms with Crippen LogP contribution in [-0.4, -0.2) is 15.6 Å². The molecule has 0 aliphatic heterocycles. The van der Waals surface area contributed by atoms with Gasteiger partial charge < -0.3 is 9.67 Å². The molecule has 106 valence electrons. The molecule has 0 aliphatic carbocycles. The Kier molecular flexibility index (Phi) is 4.61. The van der Waals surface area contributed by atoms with E-state index in [0.717, 1.165) is 18.7 Å². The highest BCUT2D eigenvalue weighted by molar-refractivity contribution is 5.67. The number of aliphatic carboxylic acids is 1. The highest BCUT2D eigenvalue weighted by Gasteiger charge is 2.10. The molecule has 0 spiro atoms. The fourth-order valence-electron chi connectivity index (χ4n) is 2.43. The molecule has 1 heterocycles. The topological polar surface area (TPSA) is 42.2 Å². The standard InChI is InChI=1S/C17H21NO2/c1-3-12-18-15(9-11-17(19)20)8-10-16(18)14-6-4-13(2)5-7-14/h4-8,10H,3,9,11-12H2,1-2H3,(H,19,20). The smallest absolute Gasteiger partial charge is 0.303 e. The van der Waals surface area contributed by atoms with Crippen LogP contribution in [0.3, 0.4) is 0 Å². The molecule has 0 amide bonds. The van der Waals surface area contributed by atoms with E-state index in [0.29, 0.717) is 6.42 Å². The predicted molar refractivity (Wildman–Crippen MR) is 80.9 cm³/mol. The van der Waals surface area contributed by atoms with Gasteiger partial charge in [0.15, 0.2) is 0 Å². The van der Waals surface area contributed by atoms with Crippen molar-refractivity contribution in [3.05, 3.63) is 47.7 Å². The Balaban J connectivity index is 2.32. The van der Waals surface area contributed by atoms with Crippen LogP contribution in [0.4, 0.5) is 0 Å². The van der Waals surface area contributed by atoms with E-state index in [4.69, 9.17) is 5.11 Å². The minimum absolute atomic E-state index is 0.182. The normalized spacial score (nSPS) is 10.7. The zero-order valence-corrected chi connectivity index (χ0v) is 12.1. The van der Waals surface area contributed by atoms with Crippen molar-refractivity contribution in [2.75, 3.05) is 0 Å². The van der Waals surface area contributed by atoms with Crippen LogP contribution in [0.15, 0.2) is 36.4 Å². The number of carboxylic acid groups (broad SMARTS) is 1. The molecule has 1 N–H and O–H groups in total. The molecule has 3 heteroatoms. The Bertz CT molecular complexity index is 582. The van der Waals surface area contributed by atoms with Crippen LogP contribution < -0.4 is 0 Å². The second-order valence-electron chi connectivity index (χ2n) is 5.12. The van der Waals surface area contributed by atoms with Gasteiger partial charge >= 0.3 is 5.97 Å². The summed E-state index contributed by atoms with van der Waals surface area (Å²) >= 11 is 0. The summed E-state index contributed by atoms with van der Waals surface area (Å²) in [5, 5.41) is 8.84. The molecule has 0 radical (unpaired) electrons. The molecule has 0 saturated heterocycles.